The Morgan fingerprint density at radius 1 is 0.938 bits per heavy atom. The van der Waals surface area contributed by atoms with Crippen LogP contribution in [0.2, 0.25) is 0 Å². The predicted molar refractivity (Wildman–Crippen MR) is 120 cm³/mol. The van der Waals surface area contributed by atoms with Gasteiger partial charge in [-0.1, -0.05) is 45.0 Å². The molecular formula is C24H30N2O6. The third-order valence-electron chi connectivity index (χ3n) is 4.50. The maximum atomic E-state index is 12.6. The number of hydrogen-bond acceptors (Lipinski definition) is 6. The summed E-state index contributed by atoms with van der Waals surface area (Å²) in [4.78, 5) is 37.0. The number of ketones is 1. The number of amides is 2. The monoisotopic (exact) mass is 442 g/mol. The maximum absolute atomic E-state index is 12.6. The highest BCUT2D eigenvalue weighted by Crippen LogP contribution is 2.23. The fourth-order valence-electron chi connectivity index (χ4n) is 2.77. The van der Waals surface area contributed by atoms with Gasteiger partial charge in [-0.3, -0.25) is 14.4 Å². The molecule has 0 aromatic heterocycles. The molecule has 0 aliphatic heterocycles. The SMILES string of the molecule is CC(C)(C)CNC(=O)C(NC(=O)c1ccc(-c2ccc(OCCO)cc2)cc1)C(=O)CO. The Balaban J connectivity index is 2.07. The Morgan fingerprint density at radius 3 is 2.00 bits per heavy atom. The zero-order chi connectivity index (χ0) is 23.7. The lowest BCUT2D eigenvalue weighted by Gasteiger charge is -2.22. The van der Waals surface area contributed by atoms with E-state index in [0.29, 0.717) is 12.3 Å². The zero-order valence-electron chi connectivity index (χ0n) is 18.6. The molecule has 172 valence electrons. The summed E-state index contributed by atoms with van der Waals surface area (Å²) in [5.41, 5.74) is 1.84. The van der Waals surface area contributed by atoms with Gasteiger partial charge in [-0.2, -0.15) is 0 Å². The molecule has 0 spiro atoms. The Bertz CT molecular complexity index is 917. The Hall–Kier alpha value is -3.23. The zero-order valence-corrected chi connectivity index (χ0v) is 18.6. The van der Waals surface area contributed by atoms with E-state index >= 15 is 0 Å². The van der Waals surface area contributed by atoms with Gasteiger partial charge in [0.15, 0.2) is 11.8 Å². The van der Waals surface area contributed by atoms with Crippen molar-refractivity contribution in [3.63, 3.8) is 0 Å². The van der Waals surface area contributed by atoms with Crippen LogP contribution in [0.25, 0.3) is 11.1 Å². The van der Waals surface area contributed by atoms with E-state index < -0.39 is 30.2 Å². The molecule has 4 N–H and O–H groups in total. The molecule has 8 nitrogen and oxygen atoms in total. The molecule has 1 unspecified atom stereocenters. The molecule has 8 heteroatoms. The number of hydrogen-bond donors (Lipinski definition) is 4. The van der Waals surface area contributed by atoms with Crippen LogP contribution in [0.4, 0.5) is 0 Å². The molecule has 0 aliphatic carbocycles. The van der Waals surface area contributed by atoms with Crippen molar-refractivity contribution < 1.29 is 29.3 Å². The molecule has 0 saturated heterocycles. The molecule has 2 amide bonds. The topological polar surface area (TPSA) is 125 Å². The third-order valence-corrected chi connectivity index (χ3v) is 4.50. The third kappa shape index (κ3) is 7.47. The van der Waals surface area contributed by atoms with E-state index in [1.165, 1.54) is 0 Å². The highest BCUT2D eigenvalue weighted by atomic mass is 16.5. The van der Waals surface area contributed by atoms with Gasteiger partial charge in [0.25, 0.3) is 5.91 Å². The van der Waals surface area contributed by atoms with Gasteiger partial charge in [-0.15, -0.1) is 0 Å². The summed E-state index contributed by atoms with van der Waals surface area (Å²) in [7, 11) is 0. The van der Waals surface area contributed by atoms with Crippen molar-refractivity contribution in [1.82, 2.24) is 10.6 Å². The first-order valence-corrected chi connectivity index (χ1v) is 10.3. The summed E-state index contributed by atoms with van der Waals surface area (Å²) in [6.45, 7) is 5.38. The van der Waals surface area contributed by atoms with E-state index in [1.54, 1.807) is 36.4 Å². The van der Waals surface area contributed by atoms with Crippen molar-refractivity contribution in [2.45, 2.75) is 26.8 Å². The van der Waals surface area contributed by atoms with Gasteiger partial charge in [0.05, 0.1) is 6.61 Å². The summed E-state index contributed by atoms with van der Waals surface area (Å²) in [6, 6.07) is 12.5. The van der Waals surface area contributed by atoms with Crippen LogP contribution in [0.15, 0.2) is 48.5 Å². The Labute approximate surface area is 187 Å². The number of carbonyl (C=O) groups excluding carboxylic acids is 3. The van der Waals surface area contributed by atoms with Gasteiger partial charge >= 0.3 is 0 Å². The van der Waals surface area contributed by atoms with Gasteiger partial charge in [-0.25, -0.2) is 0 Å². The quantitative estimate of drug-likeness (QED) is 0.414. The van der Waals surface area contributed by atoms with Crippen molar-refractivity contribution in [3.8, 4) is 16.9 Å². The summed E-state index contributed by atoms with van der Waals surface area (Å²) < 4.78 is 5.34. The number of benzene rings is 2. The number of nitrogens with one attached hydrogen (secondary N) is 2. The van der Waals surface area contributed by atoms with E-state index in [1.807, 2.05) is 32.9 Å². The first kappa shape index (κ1) is 25.0. The molecule has 0 bridgehead atoms. The first-order chi connectivity index (χ1) is 15.1. The lowest BCUT2D eigenvalue weighted by molar-refractivity contribution is -0.132. The number of rotatable bonds is 10. The van der Waals surface area contributed by atoms with Gasteiger partial charge in [0.2, 0.25) is 5.91 Å². The standard InChI is InChI=1S/C24H30N2O6/c1-24(2,3)15-25-23(31)21(20(29)14-28)26-22(30)18-6-4-16(5-7-18)17-8-10-19(11-9-17)32-13-12-27/h4-11,21,27-28H,12-15H2,1-3H3,(H,25,31)(H,26,30). The minimum Gasteiger partial charge on any atom is -0.491 e. The van der Waals surface area contributed by atoms with E-state index in [4.69, 9.17) is 9.84 Å². The van der Waals surface area contributed by atoms with E-state index in [-0.39, 0.29) is 24.2 Å². The average molecular weight is 443 g/mol. The van der Waals surface area contributed by atoms with Gasteiger partial charge in [0, 0.05) is 12.1 Å². The molecule has 32 heavy (non-hydrogen) atoms. The minimum atomic E-state index is -1.47. The van der Waals surface area contributed by atoms with Gasteiger partial charge < -0.3 is 25.6 Å². The summed E-state index contributed by atoms with van der Waals surface area (Å²) >= 11 is 0. The fraction of sp³-hybridized carbons (Fsp3) is 0.375. The van der Waals surface area contributed by atoms with Gasteiger partial charge in [-0.05, 0) is 40.8 Å². The number of aliphatic hydroxyl groups excluding tert-OH is 2. The van der Waals surface area contributed by atoms with Crippen molar-refractivity contribution >= 4 is 17.6 Å². The van der Waals surface area contributed by atoms with Crippen LogP contribution >= 0.6 is 0 Å². The number of aliphatic hydroxyl groups is 2. The summed E-state index contributed by atoms with van der Waals surface area (Å²) in [5.74, 6) is -1.40. The van der Waals surface area contributed by atoms with E-state index in [9.17, 15) is 19.5 Å². The van der Waals surface area contributed by atoms with Crippen LogP contribution in [0, 0.1) is 5.41 Å². The Kier molecular flexibility index (Phi) is 8.92. The van der Waals surface area contributed by atoms with E-state index in [0.717, 1.165) is 11.1 Å². The first-order valence-electron chi connectivity index (χ1n) is 10.3. The Morgan fingerprint density at radius 2 is 1.50 bits per heavy atom. The fourth-order valence-corrected chi connectivity index (χ4v) is 2.77. The second-order valence-electron chi connectivity index (χ2n) is 8.48. The highest BCUT2D eigenvalue weighted by Gasteiger charge is 2.28. The second-order valence-corrected chi connectivity index (χ2v) is 8.48. The lowest BCUT2D eigenvalue weighted by Crippen LogP contribution is -2.53. The van der Waals surface area contributed by atoms with Crippen molar-refractivity contribution in [2.75, 3.05) is 26.4 Å². The number of Topliss-reactive ketones (excluding diaryl/α,β-unsaturated/α-hetero) is 1. The van der Waals surface area contributed by atoms with Crippen LogP contribution in [-0.2, 0) is 9.59 Å². The predicted octanol–water partition coefficient (Wildman–Crippen LogP) is 1.55. The van der Waals surface area contributed by atoms with Crippen molar-refractivity contribution in [3.05, 3.63) is 54.1 Å². The largest absolute Gasteiger partial charge is 0.491 e. The molecule has 0 fully saturated rings. The molecule has 0 aliphatic rings. The summed E-state index contributed by atoms with van der Waals surface area (Å²) in [5, 5.41) is 23.0. The average Bonchev–Trinajstić information content (AvgIpc) is 2.79. The minimum absolute atomic E-state index is 0.0612. The number of carbonyl (C=O) groups is 3. The maximum Gasteiger partial charge on any atom is 0.252 e. The van der Waals surface area contributed by atoms with E-state index in [2.05, 4.69) is 10.6 Å². The van der Waals surface area contributed by atoms with Crippen LogP contribution in [-0.4, -0.2) is 60.2 Å². The molecule has 1 atom stereocenters. The van der Waals surface area contributed by atoms with Crippen LogP contribution in [0.3, 0.4) is 0 Å². The molecule has 2 rings (SSSR count). The van der Waals surface area contributed by atoms with Gasteiger partial charge in [0.1, 0.15) is 19.0 Å². The smallest absolute Gasteiger partial charge is 0.252 e. The highest BCUT2D eigenvalue weighted by molar-refractivity contribution is 6.10. The van der Waals surface area contributed by atoms with Crippen molar-refractivity contribution in [2.24, 2.45) is 5.41 Å². The van der Waals surface area contributed by atoms with Crippen molar-refractivity contribution in [1.29, 1.82) is 0 Å². The molecule has 0 radical (unpaired) electrons. The molecule has 0 saturated carbocycles. The number of ether oxygens (including phenoxy) is 1. The van der Waals surface area contributed by atoms with Crippen LogP contribution < -0.4 is 15.4 Å². The van der Waals surface area contributed by atoms with Crippen LogP contribution in [0.5, 0.6) is 5.75 Å². The van der Waals surface area contributed by atoms with Crippen LogP contribution in [0.1, 0.15) is 31.1 Å². The molecular weight excluding hydrogens is 412 g/mol. The summed E-state index contributed by atoms with van der Waals surface area (Å²) in [6.07, 6.45) is 0. The molecule has 2 aromatic rings. The molecule has 2 aromatic carbocycles. The lowest BCUT2D eigenvalue weighted by atomic mass is 9.96. The normalized spacial score (nSPS) is 12.0. The second kappa shape index (κ2) is 11.4. The molecule has 0 heterocycles.